The van der Waals surface area contributed by atoms with Crippen molar-refractivity contribution in [1.29, 1.82) is 0 Å². The molecule has 0 bridgehead atoms. The molecule has 0 aliphatic heterocycles. The van der Waals surface area contributed by atoms with E-state index in [-0.39, 0.29) is 12.1 Å². The Labute approximate surface area is 86.5 Å². The fourth-order valence-electron chi connectivity index (χ4n) is 1.15. The highest BCUT2D eigenvalue weighted by Crippen LogP contribution is 2.29. The molecule has 0 aliphatic carbocycles. The van der Waals surface area contributed by atoms with Crippen LogP contribution < -0.4 is 0 Å². The third-order valence-electron chi connectivity index (χ3n) is 1.92. The van der Waals surface area contributed by atoms with Crippen LogP contribution >= 0.6 is 0 Å². The van der Waals surface area contributed by atoms with Crippen molar-refractivity contribution in [2.45, 2.75) is 19.3 Å². The Hall–Kier alpha value is -1.26. The molecule has 0 heterocycles. The van der Waals surface area contributed by atoms with Gasteiger partial charge in [0, 0.05) is 5.56 Å². The van der Waals surface area contributed by atoms with Gasteiger partial charge in [-0.2, -0.15) is 13.2 Å². The van der Waals surface area contributed by atoms with E-state index < -0.39 is 11.7 Å². The molecule has 1 radical (unpaired) electrons. The number of carbonyl (C=O) groups is 1. The summed E-state index contributed by atoms with van der Waals surface area (Å²) >= 11 is 0. The van der Waals surface area contributed by atoms with Gasteiger partial charge in [-0.15, -0.1) is 0 Å². The van der Waals surface area contributed by atoms with E-state index in [1.165, 1.54) is 12.1 Å². The summed E-state index contributed by atoms with van der Waals surface area (Å²) in [5.41, 5.74) is -0.430. The first-order valence-electron chi connectivity index (χ1n) is 4.43. The molecule has 0 spiro atoms. The van der Waals surface area contributed by atoms with Crippen LogP contribution in [0, 0.1) is 0 Å². The zero-order valence-corrected chi connectivity index (χ0v) is 8.14. The number of ketones is 1. The number of rotatable bonds is 3. The first-order chi connectivity index (χ1) is 6.95. The van der Waals surface area contributed by atoms with Crippen molar-refractivity contribution < 1.29 is 18.0 Å². The highest BCUT2D eigenvalue weighted by atomic mass is 19.4. The first kappa shape index (κ1) is 11.8. The van der Waals surface area contributed by atoms with Gasteiger partial charge in [0.15, 0.2) is 5.78 Å². The third-order valence-corrected chi connectivity index (χ3v) is 1.92. The molecule has 0 saturated carbocycles. The van der Waals surface area contributed by atoms with Crippen molar-refractivity contribution in [3.63, 3.8) is 0 Å². The molecule has 0 aliphatic rings. The van der Waals surface area contributed by atoms with E-state index in [1.54, 1.807) is 14.1 Å². The van der Waals surface area contributed by atoms with Crippen molar-refractivity contribution in [1.82, 2.24) is 0 Å². The van der Waals surface area contributed by atoms with E-state index in [1.807, 2.05) is 0 Å². The molecule has 1 aromatic rings. The van der Waals surface area contributed by atoms with Crippen LogP contribution in [-0.4, -0.2) is 13.1 Å². The summed E-state index contributed by atoms with van der Waals surface area (Å²) in [6, 6.07) is 4.25. The summed E-state index contributed by atoms with van der Waals surface area (Å²) in [5.74, 6) is -0.175. The molecule has 79 valence electrons. The summed E-state index contributed by atoms with van der Waals surface area (Å²) < 4.78 is 36.5. The van der Waals surface area contributed by atoms with Gasteiger partial charge in [-0.3, -0.25) is 4.79 Å². The number of hydrogen-bond donors (Lipinski definition) is 0. The minimum absolute atomic E-state index is 0.175. The predicted octanol–water partition coefficient (Wildman–Crippen LogP) is 3.06. The number of carbonyl (C=O) groups excluding carboxylic acids is 1. The van der Waals surface area contributed by atoms with Crippen LogP contribution in [0.15, 0.2) is 24.3 Å². The summed E-state index contributed by atoms with van der Waals surface area (Å²) in [4.78, 5) is 11.3. The second-order valence-corrected chi connectivity index (χ2v) is 3.11. The van der Waals surface area contributed by atoms with Gasteiger partial charge in [-0.1, -0.05) is 19.0 Å². The van der Waals surface area contributed by atoms with Crippen LogP contribution in [0.3, 0.4) is 0 Å². The van der Waals surface area contributed by atoms with Crippen molar-refractivity contribution in [3.05, 3.63) is 35.4 Å². The Morgan fingerprint density at radius 2 is 1.80 bits per heavy atom. The second kappa shape index (κ2) is 4.51. The average Bonchev–Trinajstić information content (AvgIpc) is 2.17. The second-order valence-electron chi connectivity index (χ2n) is 3.11. The number of hydrogen-bond acceptors (Lipinski definition) is 1. The molecule has 0 atom stereocenters. The largest absolute Gasteiger partial charge is 0.416 e. The molecule has 0 fully saturated rings. The van der Waals surface area contributed by atoms with Crippen LogP contribution in [-0.2, 0) is 6.18 Å². The van der Waals surface area contributed by atoms with Gasteiger partial charge < -0.3 is 0 Å². The van der Waals surface area contributed by atoms with Gasteiger partial charge in [-0.05, 0) is 18.5 Å². The van der Waals surface area contributed by atoms with E-state index in [4.69, 9.17) is 0 Å². The Morgan fingerprint density at radius 1 is 1.27 bits per heavy atom. The molecule has 1 rings (SSSR count). The maximum atomic E-state index is 12.2. The van der Waals surface area contributed by atoms with Crippen LogP contribution in [0.4, 0.5) is 13.2 Å². The van der Waals surface area contributed by atoms with Gasteiger partial charge in [-0.25, -0.2) is 0 Å². The number of halogens is 3. The molecule has 15 heavy (non-hydrogen) atoms. The third kappa shape index (κ3) is 3.11. The van der Waals surface area contributed by atoms with Gasteiger partial charge in [0.1, 0.15) is 7.28 Å². The standard InChI is InChI=1S/C10H9BF3O/c1-11-6-9(15)7-2-4-8(5-3-7)10(12,13)14/h2-5H,6H2,1H3. The van der Waals surface area contributed by atoms with Gasteiger partial charge in [0.05, 0.1) is 5.56 Å². The van der Waals surface area contributed by atoms with E-state index >= 15 is 0 Å². The molecule has 1 nitrogen and oxygen atoms in total. The van der Waals surface area contributed by atoms with E-state index in [0.29, 0.717) is 5.56 Å². The minimum atomic E-state index is -4.35. The minimum Gasteiger partial charge on any atom is -0.295 e. The molecular weight excluding hydrogens is 204 g/mol. The zero-order chi connectivity index (χ0) is 11.5. The summed E-state index contributed by atoms with van der Waals surface area (Å²) in [5, 5.41) is 0. The summed E-state index contributed by atoms with van der Waals surface area (Å²) in [6.07, 6.45) is -4.11. The van der Waals surface area contributed by atoms with Crippen molar-refractivity contribution in [2.24, 2.45) is 0 Å². The van der Waals surface area contributed by atoms with Gasteiger partial charge in [0.2, 0.25) is 0 Å². The molecule has 0 saturated heterocycles. The Morgan fingerprint density at radius 3 is 2.20 bits per heavy atom. The smallest absolute Gasteiger partial charge is 0.295 e. The lowest BCUT2D eigenvalue weighted by atomic mass is 9.75. The Bertz CT molecular complexity index is 343. The quantitative estimate of drug-likeness (QED) is 0.556. The molecular formula is C10H9BF3O. The molecule has 0 aromatic heterocycles. The number of benzene rings is 1. The molecule has 0 unspecified atom stereocenters. The van der Waals surface area contributed by atoms with Gasteiger partial charge in [0.25, 0.3) is 0 Å². The monoisotopic (exact) mass is 213 g/mol. The molecule has 5 heteroatoms. The lowest BCUT2D eigenvalue weighted by Gasteiger charge is -2.06. The number of alkyl halides is 3. The fraction of sp³-hybridized carbons (Fsp3) is 0.300. The summed E-state index contributed by atoms with van der Waals surface area (Å²) in [6.45, 7) is 1.72. The topological polar surface area (TPSA) is 17.1 Å². The molecule has 0 N–H and O–H groups in total. The number of Topliss-reactive ketones (excluding diaryl/α,β-unsaturated/α-hetero) is 1. The van der Waals surface area contributed by atoms with Crippen LogP contribution in [0.25, 0.3) is 0 Å². The average molecular weight is 213 g/mol. The summed E-state index contributed by atoms with van der Waals surface area (Å²) in [7, 11) is 1.67. The lowest BCUT2D eigenvalue weighted by Crippen LogP contribution is -2.06. The van der Waals surface area contributed by atoms with Crippen molar-refractivity contribution >= 4 is 13.1 Å². The normalized spacial score (nSPS) is 11.2. The fourth-order valence-corrected chi connectivity index (χ4v) is 1.15. The maximum absolute atomic E-state index is 12.2. The Balaban J connectivity index is 2.86. The van der Waals surface area contributed by atoms with Crippen LogP contribution in [0.5, 0.6) is 0 Å². The molecule has 1 aromatic carbocycles. The van der Waals surface area contributed by atoms with E-state index in [9.17, 15) is 18.0 Å². The highest BCUT2D eigenvalue weighted by molar-refractivity contribution is 6.41. The zero-order valence-electron chi connectivity index (χ0n) is 8.14. The highest BCUT2D eigenvalue weighted by Gasteiger charge is 2.30. The predicted molar refractivity (Wildman–Crippen MR) is 52.2 cm³/mol. The van der Waals surface area contributed by atoms with Crippen LogP contribution in [0.1, 0.15) is 15.9 Å². The van der Waals surface area contributed by atoms with E-state index in [0.717, 1.165) is 12.1 Å². The van der Waals surface area contributed by atoms with Crippen molar-refractivity contribution in [3.8, 4) is 0 Å². The SMILES string of the molecule is C[B]CC(=O)c1ccc(C(F)(F)F)cc1. The first-order valence-corrected chi connectivity index (χ1v) is 4.43. The Kier molecular flexibility index (Phi) is 3.55. The van der Waals surface area contributed by atoms with Gasteiger partial charge >= 0.3 is 6.18 Å². The van der Waals surface area contributed by atoms with E-state index in [2.05, 4.69) is 0 Å². The maximum Gasteiger partial charge on any atom is 0.416 e. The lowest BCUT2D eigenvalue weighted by molar-refractivity contribution is -0.137. The molecule has 0 amide bonds. The van der Waals surface area contributed by atoms with Crippen molar-refractivity contribution in [2.75, 3.05) is 0 Å². The van der Waals surface area contributed by atoms with Crippen LogP contribution in [0.2, 0.25) is 13.1 Å².